The summed E-state index contributed by atoms with van der Waals surface area (Å²) in [6.07, 6.45) is -1.92. The summed E-state index contributed by atoms with van der Waals surface area (Å²) < 4.78 is 111. The predicted molar refractivity (Wildman–Crippen MR) is 162 cm³/mol. The summed E-state index contributed by atoms with van der Waals surface area (Å²) in [5, 5.41) is 2.09. The minimum absolute atomic E-state index is 0.0992. The monoisotopic (exact) mass is 659 g/mol. The summed E-state index contributed by atoms with van der Waals surface area (Å²) in [4.78, 5) is 0. The first-order valence-electron chi connectivity index (χ1n) is 13.0. The maximum absolute atomic E-state index is 14.4. The molecule has 41 heavy (non-hydrogen) atoms. The van der Waals surface area contributed by atoms with Gasteiger partial charge in [-0.3, -0.25) is 0 Å². The number of allylic oxidation sites excluding steroid dienone is 1. The number of aliphatic hydroxyl groups excluding tert-OH is 1. The van der Waals surface area contributed by atoms with Crippen LogP contribution in [0.3, 0.4) is 0 Å². The highest BCUT2D eigenvalue weighted by molar-refractivity contribution is 8.07. The molecule has 0 saturated carbocycles. The topological polar surface area (TPSA) is 75.6 Å². The number of alkyl halides is 6. The number of halogens is 6. The molecule has 0 amide bonds. The van der Waals surface area contributed by atoms with E-state index in [0.717, 1.165) is 12.7 Å². The Labute approximate surface area is 251 Å². The van der Waals surface area contributed by atoms with Crippen molar-refractivity contribution in [2.75, 3.05) is 7.11 Å². The van der Waals surface area contributed by atoms with Crippen LogP contribution in [0.2, 0.25) is 0 Å². The number of hydrogen-bond acceptors (Lipinski definition) is 5. The van der Waals surface area contributed by atoms with E-state index >= 15 is 0 Å². The van der Waals surface area contributed by atoms with Crippen LogP contribution in [0.25, 0.3) is 0 Å². The van der Waals surface area contributed by atoms with Gasteiger partial charge in [0, 0.05) is 19.1 Å². The van der Waals surface area contributed by atoms with Crippen molar-refractivity contribution in [1.82, 2.24) is 4.13 Å². The van der Waals surface area contributed by atoms with E-state index in [-0.39, 0.29) is 23.5 Å². The van der Waals surface area contributed by atoms with Gasteiger partial charge >= 0.3 is 5.25 Å². The molecule has 0 radical (unpaired) electrons. The first kappa shape index (κ1) is 44.4. The van der Waals surface area contributed by atoms with E-state index in [1.54, 1.807) is 39.8 Å². The van der Waals surface area contributed by atoms with Gasteiger partial charge in [0.1, 0.15) is 16.7 Å². The molecule has 4 unspecified atom stereocenters. The molecular formula is C27H47F6NO4S3. The fraction of sp³-hybridized carbons (Fsp3) is 0.704. The number of nitrogens with one attached hydrogen (secondary N) is 1. The molecule has 1 rings (SSSR count). The quantitative estimate of drug-likeness (QED) is 0.126. The van der Waals surface area contributed by atoms with Crippen LogP contribution in [0.1, 0.15) is 104 Å². The number of hydrogen-bond donors (Lipinski definition) is 2. The molecule has 0 aliphatic carbocycles. The van der Waals surface area contributed by atoms with Gasteiger partial charge in [-0.15, -0.1) is 6.58 Å². The van der Waals surface area contributed by atoms with E-state index in [4.69, 9.17) is 9.29 Å². The maximum atomic E-state index is 14.4. The fourth-order valence-corrected chi connectivity index (χ4v) is 4.87. The van der Waals surface area contributed by atoms with E-state index in [1.165, 1.54) is 4.13 Å². The van der Waals surface area contributed by atoms with Crippen LogP contribution in [0.5, 0.6) is 5.75 Å². The number of rotatable bonds is 13. The lowest BCUT2D eigenvalue weighted by atomic mass is 9.88. The normalized spacial score (nSPS) is 14.3. The van der Waals surface area contributed by atoms with E-state index in [2.05, 4.69) is 20.4 Å². The van der Waals surface area contributed by atoms with Crippen molar-refractivity contribution in [3.63, 3.8) is 0 Å². The second kappa shape index (κ2) is 22.4. The van der Waals surface area contributed by atoms with Crippen LogP contribution in [0, 0.1) is 5.92 Å². The van der Waals surface area contributed by atoms with Crippen molar-refractivity contribution in [3.8, 4) is 5.75 Å². The minimum Gasteiger partial charge on any atom is -0.400 e. The lowest BCUT2D eigenvalue weighted by molar-refractivity contribution is -0.0145. The molecule has 0 aromatic heterocycles. The molecular weight excluding hydrogens is 612 g/mol. The summed E-state index contributed by atoms with van der Waals surface area (Å²) in [7, 11) is -2.24. The van der Waals surface area contributed by atoms with E-state index < -0.39 is 56.7 Å². The summed E-state index contributed by atoms with van der Waals surface area (Å²) in [6.45, 7) is 22.7. The molecule has 1 aromatic rings. The molecule has 244 valence electrons. The third kappa shape index (κ3) is 15.8. The van der Waals surface area contributed by atoms with Crippen molar-refractivity contribution in [3.05, 3.63) is 41.5 Å². The van der Waals surface area contributed by atoms with Crippen LogP contribution >= 0.6 is 11.9 Å². The Bertz CT molecular complexity index is 890. The van der Waals surface area contributed by atoms with Gasteiger partial charge in [-0.1, -0.05) is 87.4 Å². The standard InChI is InChI=1S/C19H27F6NO3S3.C5H10.C2H6.CH4O/c1-9(2)12-7-13(10(3)4)15(14(8-12)11(5)6)29-32(28)19(24,25)16(20)17(21)31(27)26-30-18(22)23;1-4-5(2)3;2*1-2/h7-11,16-18,26H,1-6H3;4-5H,1H2,2-3H3;1-2H3;2H,1H3. The molecule has 4 atom stereocenters. The largest absolute Gasteiger partial charge is 0.400 e. The van der Waals surface area contributed by atoms with Crippen molar-refractivity contribution in [1.29, 1.82) is 0 Å². The Morgan fingerprint density at radius 3 is 1.59 bits per heavy atom. The maximum Gasteiger partial charge on any atom is 0.390 e. The summed E-state index contributed by atoms with van der Waals surface area (Å²) in [5.41, 5.74) is -1.60. The van der Waals surface area contributed by atoms with Crippen molar-refractivity contribution in [2.45, 2.75) is 110 Å². The average Bonchev–Trinajstić information content (AvgIpc) is 2.92. The van der Waals surface area contributed by atoms with Gasteiger partial charge < -0.3 is 9.29 Å². The first-order valence-corrected chi connectivity index (χ1v) is 16.2. The van der Waals surface area contributed by atoms with Crippen molar-refractivity contribution in [2.24, 2.45) is 5.92 Å². The van der Waals surface area contributed by atoms with Gasteiger partial charge in [-0.25, -0.2) is 17.2 Å². The smallest absolute Gasteiger partial charge is 0.390 e. The lowest BCUT2D eigenvalue weighted by Crippen LogP contribution is -2.45. The zero-order valence-corrected chi connectivity index (χ0v) is 28.1. The van der Waals surface area contributed by atoms with Crippen LogP contribution < -0.4 is 8.31 Å². The molecule has 2 N–H and O–H groups in total. The number of benzene rings is 1. The molecule has 0 aliphatic rings. The molecule has 5 nitrogen and oxygen atoms in total. The second-order valence-electron chi connectivity index (χ2n) is 9.36. The van der Waals surface area contributed by atoms with Gasteiger partial charge in [0.2, 0.25) is 11.7 Å². The molecule has 14 heteroatoms. The fourth-order valence-electron chi connectivity index (χ4n) is 2.60. The Hall–Kier alpha value is -1.09. The van der Waals surface area contributed by atoms with Crippen LogP contribution in [0.15, 0.2) is 24.8 Å². The first-order chi connectivity index (χ1) is 18.9. The highest BCUT2D eigenvalue weighted by atomic mass is 32.2. The molecule has 0 heterocycles. The van der Waals surface area contributed by atoms with E-state index in [9.17, 15) is 34.8 Å². The van der Waals surface area contributed by atoms with Gasteiger partial charge in [0.25, 0.3) is 16.8 Å². The zero-order chi connectivity index (χ0) is 33.2. The zero-order valence-electron chi connectivity index (χ0n) is 25.6. The highest BCUT2D eigenvalue weighted by Crippen LogP contribution is 2.40. The van der Waals surface area contributed by atoms with Gasteiger partial charge in [0.05, 0.1) is 0 Å². The van der Waals surface area contributed by atoms with Crippen molar-refractivity contribution < 1.29 is 44.0 Å². The van der Waals surface area contributed by atoms with Crippen LogP contribution in [-0.4, -0.2) is 43.3 Å². The molecule has 0 saturated heterocycles. The van der Waals surface area contributed by atoms with Crippen LogP contribution in [-0.2, 0) is 22.1 Å². The number of aliphatic hydroxyl groups is 1. The Morgan fingerprint density at radius 1 is 0.902 bits per heavy atom. The van der Waals surface area contributed by atoms with Gasteiger partial charge in [-0.2, -0.15) is 21.7 Å². The van der Waals surface area contributed by atoms with E-state index in [0.29, 0.717) is 17.0 Å². The Balaban J connectivity index is -0.00000141. The summed E-state index contributed by atoms with van der Waals surface area (Å²) >= 11 is -4.22. The summed E-state index contributed by atoms with van der Waals surface area (Å²) in [6, 6.07) is 3.44. The minimum atomic E-state index is -4.91. The lowest BCUT2D eigenvalue weighted by Gasteiger charge is -2.25. The molecule has 0 bridgehead atoms. The third-order valence-electron chi connectivity index (χ3n) is 4.91. The van der Waals surface area contributed by atoms with Gasteiger partial charge in [-0.05, 0) is 40.4 Å². The molecule has 0 fully saturated rings. The Kier molecular flexibility index (Phi) is 24.3. The molecule has 0 spiro atoms. The third-order valence-corrected chi connectivity index (χ3v) is 7.76. The SMILES string of the molecule is C=CC(C)C.CC.CC(C)c1cc(C(C)C)c(OS(=O)C(F)(F)C(F)C(F)S(=O)NSC(F)F)c(C(C)C)c1.CO. The van der Waals surface area contributed by atoms with Gasteiger partial charge in [0.15, 0.2) is 0 Å². The second-order valence-corrected chi connectivity index (χ2v) is 12.8. The highest BCUT2D eigenvalue weighted by Gasteiger charge is 2.55. The molecule has 1 aromatic carbocycles. The predicted octanol–water partition coefficient (Wildman–Crippen LogP) is 8.91. The molecule has 0 aliphatic heterocycles. The average molecular weight is 660 g/mol. The van der Waals surface area contributed by atoms with Crippen LogP contribution in [0.4, 0.5) is 26.3 Å². The van der Waals surface area contributed by atoms with Crippen molar-refractivity contribution >= 4 is 34.0 Å². The van der Waals surface area contributed by atoms with E-state index in [1.807, 2.05) is 33.8 Å². The summed E-state index contributed by atoms with van der Waals surface area (Å²) in [5.74, 6) is -2.97. The Morgan fingerprint density at radius 2 is 1.29 bits per heavy atom.